The number of alkyl halides is 3. The van der Waals surface area contributed by atoms with Gasteiger partial charge in [0.2, 0.25) is 0 Å². The summed E-state index contributed by atoms with van der Waals surface area (Å²) in [6.45, 7) is 1.96. The number of pyridine rings is 1. The molecule has 0 N–H and O–H groups in total. The van der Waals surface area contributed by atoms with Crippen LogP contribution in [0.3, 0.4) is 0 Å². The van der Waals surface area contributed by atoms with Gasteiger partial charge in [-0.25, -0.2) is 4.52 Å². The first kappa shape index (κ1) is 21.6. The maximum absolute atomic E-state index is 13.2. The predicted molar refractivity (Wildman–Crippen MR) is 120 cm³/mol. The van der Waals surface area contributed by atoms with Crippen LogP contribution in [0, 0.1) is 0 Å². The van der Waals surface area contributed by atoms with Gasteiger partial charge in [-0.3, -0.25) is 9.36 Å². The van der Waals surface area contributed by atoms with E-state index in [1.165, 1.54) is 18.3 Å². The highest BCUT2D eigenvalue weighted by Crippen LogP contribution is 2.31. The number of hydrogen-bond donors (Lipinski definition) is 0. The first-order chi connectivity index (χ1) is 16.3. The van der Waals surface area contributed by atoms with Crippen molar-refractivity contribution in [2.24, 2.45) is 0 Å². The van der Waals surface area contributed by atoms with Crippen LogP contribution in [0.2, 0.25) is 0 Å². The van der Waals surface area contributed by atoms with E-state index in [9.17, 15) is 18.0 Å². The second-order valence-electron chi connectivity index (χ2n) is 7.61. The molecule has 0 amide bonds. The van der Waals surface area contributed by atoms with E-state index in [2.05, 4.69) is 15.3 Å². The molecule has 0 spiro atoms. The van der Waals surface area contributed by atoms with Gasteiger partial charge in [0.05, 0.1) is 23.9 Å². The third kappa shape index (κ3) is 3.47. The van der Waals surface area contributed by atoms with E-state index >= 15 is 0 Å². The molecule has 0 atom stereocenters. The van der Waals surface area contributed by atoms with Crippen molar-refractivity contribution in [1.29, 1.82) is 0 Å². The van der Waals surface area contributed by atoms with Gasteiger partial charge in [0.25, 0.3) is 5.56 Å². The van der Waals surface area contributed by atoms with Gasteiger partial charge < -0.3 is 4.74 Å². The lowest BCUT2D eigenvalue weighted by atomic mass is 10.0. The minimum absolute atomic E-state index is 0.00107. The fraction of sp³-hybridized carbons (Fsp3) is 0.167. The average molecular weight is 465 g/mol. The van der Waals surface area contributed by atoms with Crippen molar-refractivity contribution in [3.63, 3.8) is 0 Å². The van der Waals surface area contributed by atoms with E-state index in [-0.39, 0.29) is 11.2 Å². The van der Waals surface area contributed by atoms with Crippen LogP contribution in [-0.2, 0) is 12.6 Å². The van der Waals surface area contributed by atoms with E-state index in [0.717, 1.165) is 33.5 Å². The van der Waals surface area contributed by atoms with Gasteiger partial charge in [0.15, 0.2) is 11.2 Å². The molecule has 0 radical (unpaired) electrons. The molecule has 34 heavy (non-hydrogen) atoms. The molecule has 5 aromatic rings. The quantitative estimate of drug-likeness (QED) is 0.385. The minimum atomic E-state index is -4.52. The molecular weight excluding hydrogens is 447 g/mol. The van der Waals surface area contributed by atoms with Gasteiger partial charge in [0, 0.05) is 11.9 Å². The van der Waals surface area contributed by atoms with Crippen LogP contribution < -0.4 is 10.3 Å². The number of hydrogen-bond acceptors (Lipinski definition) is 5. The monoisotopic (exact) mass is 465 g/mol. The average Bonchev–Trinajstić information content (AvgIpc) is 3.23. The summed E-state index contributed by atoms with van der Waals surface area (Å²) in [7, 11) is 1.59. The number of halogens is 3. The Morgan fingerprint density at radius 1 is 1.03 bits per heavy atom. The lowest BCUT2D eigenvalue weighted by molar-refractivity contribution is -0.137. The molecular formula is C24H18F3N5O2. The van der Waals surface area contributed by atoms with Crippen molar-refractivity contribution in [2.45, 2.75) is 19.5 Å². The fourth-order valence-corrected chi connectivity index (χ4v) is 3.93. The maximum atomic E-state index is 13.2. The van der Waals surface area contributed by atoms with Gasteiger partial charge >= 0.3 is 6.18 Å². The number of rotatable bonds is 4. The van der Waals surface area contributed by atoms with Gasteiger partial charge in [0.1, 0.15) is 11.3 Å². The van der Waals surface area contributed by atoms with Gasteiger partial charge in [-0.05, 0) is 48.4 Å². The van der Waals surface area contributed by atoms with Crippen LogP contribution in [0.25, 0.3) is 33.5 Å². The number of benzene rings is 2. The zero-order valence-electron chi connectivity index (χ0n) is 18.2. The highest BCUT2D eigenvalue weighted by atomic mass is 19.4. The van der Waals surface area contributed by atoms with Crippen molar-refractivity contribution in [3.8, 4) is 22.6 Å². The van der Waals surface area contributed by atoms with Crippen molar-refractivity contribution < 1.29 is 17.9 Å². The summed E-state index contributed by atoms with van der Waals surface area (Å²) < 4.78 is 47.3. The highest BCUT2D eigenvalue weighted by molar-refractivity contribution is 5.85. The molecule has 0 fully saturated rings. The van der Waals surface area contributed by atoms with Gasteiger partial charge in [-0.15, -0.1) is 10.2 Å². The molecule has 10 heteroatoms. The van der Waals surface area contributed by atoms with Gasteiger partial charge in [-0.2, -0.15) is 18.3 Å². The second kappa shape index (κ2) is 7.98. The molecule has 2 aromatic carbocycles. The molecule has 0 aliphatic heterocycles. The maximum Gasteiger partial charge on any atom is 0.416 e. The Morgan fingerprint density at radius 2 is 1.79 bits per heavy atom. The second-order valence-corrected chi connectivity index (χ2v) is 7.61. The third-order valence-corrected chi connectivity index (χ3v) is 5.62. The van der Waals surface area contributed by atoms with Crippen molar-refractivity contribution in [3.05, 3.63) is 82.4 Å². The highest BCUT2D eigenvalue weighted by Gasteiger charge is 2.30. The van der Waals surface area contributed by atoms with Crippen LogP contribution in [0.4, 0.5) is 13.2 Å². The Hall–Kier alpha value is -4.21. The van der Waals surface area contributed by atoms with Crippen LogP contribution >= 0.6 is 0 Å². The predicted octanol–water partition coefficient (Wildman–Crippen LogP) is 4.69. The molecule has 0 saturated heterocycles. The van der Waals surface area contributed by atoms with E-state index in [4.69, 9.17) is 4.74 Å². The fourth-order valence-electron chi connectivity index (χ4n) is 3.93. The van der Waals surface area contributed by atoms with Crippen molar-refractivity contribution >= 4 is 16.7 Å². The summed E-state index contributed by atoms with van der Waals surface area (Å²) in [5.74, 6) is 0.713. The molecule has 3 aromatic heterocycles. The number of fused-ring (bicyclic) bond motifs is 3. The Balaban J connectivity index is 1.70. The molecule has 0 bridgehead atoms. The summed E-state index contributed by atoms with van der Waals surface area (Å²) in [6.07, 6.45) is -2.49. The Bertz CT molecular complexity index is 1590. The zero-order chi connectivity index (χ0) is 24.0. The number of methoxy groups -OCH3 is 1. The topological polar surface area (TPSA) is 74.3 Å². The van der Waals surface area contributed by atoms with Crippen LogP contribution in [0.15, 0.2) is 65.6 Å². The first-order valence-electron chi connectivity index (χ1n) is 10.4. The van der Waals surface area contributed by atoms with E-state index in [0.29, 0.717) is 23.3 Å². The lowest BCUT2D eigenvalue weighted by Gasteiger charge is -2.11. The largest absolute Gasteiger partial charge is 0.497 e. The molecule has 0 aliphatic rings. The van der Waals surface area contributed by atoms with Gasteiger partial charge in [-0.1, -0.05) is 25.1 Å². The standard InChI is InChI=1S/C24H18F3N5O2/c1-3-18-20(14-7-9-17(34-2)10-8-14)22-29-28-21-19(32(22)30-18)11-12-31(23(21)33)16-6-4-5-15(13-16)24(25,26)27/h4-13H,3H2,1-2H3. The SMILES string of the molecule is CCc1nn2c(nnc3c(=O)n(-c4cccc(C(F)(F)F)c4)ccc32)c1-c1ccc(OC)cc1. The molecule has 0 unspecified atom stereocenters. The Morgan fingerprint density at radius 3 is 2.47 bits per heavy atom. The summed E-state index contributed by atoms with van der Waals surface area (Å²) in [5, 5.41) is 13.1. The van der Waals surface area contributed by atoms with E-state index in [1.807, 2.05) is 31.2 Å². The summed E-state index contributed by atoms with van der Waals surface area (Å²) in [5.41, 5.74) is 1.97. The summed E-state index contributed by atoms with van der Waals surface area (Å²) in [4.78, 5) is 13.2. The third-order valence-electron chi connectivity index (χ3n) is 5.62. The van der Waals surface area contributed by atoms with Crippen LogP contribution in [0.1, 0.15) is 18.2 Å². The Labute approximate surface area is 191 Å². The minimum Gasteiger partial charge on any atom is -0.497 e. The van der Waals surface area contributed by atoms with Crippen LogP contribution in [0.5, 0.6) is 5.75 Å². The molecule has 7 nitrogen and oxygen atoms in total. The molecule has 0 aliphatic carbocycles. The molecule has 5 rings (SSSR count). The Kier molecular flexibility index (Phi) is 5.07. The van der Waals surface area contributed by atoms with Crippen LogP contribution in [-0.4, -0.2) is 31.5 Å². The van der Waals surface area contributed by atoms with E-state index < -0.39 is 17.3 Å². The summed E-state index contributed by atoms with van der Waals surface area (Å²) in [6, 6.07) is 13.6. The van der Waals surface area contributed by atoms with E-state index in [1.54, 1.807) is 17.7 Å². The zero-order valence-corrected chi connectivity index (χ0v) is 18.2. The van der Waals surface area contributed by atoms with Crippen molar-refractivity contribution in [2.75, 3.05) is 7.11 Å². The van der Waals surface area contributed by atoms with Crippen molar-refractivity contribution in [1.82, 2.24) is 24.4 Å². The number of nitrogens with zero attached hydrogens (tertiary/aromatic N) is 5. The lowest BCUT2D eigenvalue weighted by Crippen LogP contribution is -2.20. The summed E-state index contributed by atoms with van der Waals surface area (Å²) >= 11 is 0. The number of aryl methyl sites for hydroxylation is 1. The molecule has 3 heterocycles. The first-order valence-corrected chi connectivity index (χ1v) is 10.4. The number of aromatic nitrogens is 5. The normalized spacial score (nSPS) is 11.9. The molecule has 0 saturated carbocycles. The molecule has 172 valence electrons. The smallest absolute Gasteiger partial charge is 0.416 e. The number of ether oxygens (including phenoxy) is 1.